The molecule has 1 fully saturated rings. The Morgan fingerprint density at radius 1 is 1.37 bits per heavy atom. The summed E-state index contributed by atoms with van der Waals surface area (Å²) >= 11 is 11.1. The van der Waals surface area contributed by atoms with Gasteiger partial charge in [0.1, 0.15) is 29.6 Å². The number of esters is 1. The maximum absolute atomic E-state index is 13.7. The SMILES string of the molecule is CCCCOC(=O)[C@H](C)N[P@@](=O)(OC[C@H]1O[C@@H](n2ccc(=O)[nH]c2=S)[C@](C)(O)C1O)Oc1ccc(Cl)cc1. The molecule has 1 aliphatic heterocycles. The zero-order valence-corrected chi connectivity index (χ0v) is 23.5. The molecule has 1 unspecified atom stereocenters. The third-order valence-electron chi connectivity index (χ3n) is 5.75. The molecular formula is C23H31ClN3O9PS. The predicted octanol–water partition coefficient (Wildman–Crippen LogP) is 3.09. The molecule has 6 atom stereocenters. The van der Waals surface area contributed by atoms with E-state index in [1.54, 1.807) is 0 Å². The highest BCUT2D eigenvalue weighted by molar-refractivity contribution is 7.71. The van der Waals surface area contributed by atoms with Crippen molar-refractivity contribution in [1.29, 1.82) is 0 Å². The van der Waals surface area contributed by atoms with Crippen LogP contribution in [0, 0.1) is 4.77 Å². The van der Waals surface area contributed by atoms with Crippen LogP contribution in [0.4, 0.5) is 0 Å². The molecule has 1 aromatic heterocycles. The summed E-state index contributed by atoms with van der Waals surface area (Å²) in [5.74, 6) is -0.524. The van der Waals surface area contributed by atoms with E-state index >= 15 is 0 Å². The number of aliphatic hydroxyl groups is 2. The summed E-state index contributed by atoms with van der Waals surface area (Å²) in [6, 6.07) is 6.07. The van der Waals surface area contributed by atoms with E-state index in [0.29, 0.717) is 11.4 Å². The molecule has 0 radical (unpaired) electrons. The Bertz CT molecular complexity index is 1270. The summed E-state index contributed by atoms with van der Waals surface area (Å²) in [4.78, 5) is 26.3. The Kier molecular flexibility index (Phi) is 10.3. The quantitative estimate of drug-likeness (QED) is 0.124. The molecule has 0 aliphatic carbocycles. The summed E-state index contributed by atoms with van der Waals surface area (Å²) in [6.45, 7) is 4.40. The van der Waals surface area contributed by atoms with Crippen LogP contribution in [-0.4, -0.2) is 62.8 Å². The number of carbonyl (C=O) groups excluding carboxylic acids is 1. The second kappa shape index (κ2) is 12.8. The summed E-state index contributed by atoms with van der Waals surface area (Å²) in [6.07, 6.45) is -1.09. The third-order valence-corrected chi connectivity index (χ3v) is 7.96. The predicted molar refractivity (Wildman–Crippen MR) is 141 cm³/mol. The van der Waals surface area contributed by atoms with Crippen LogP contribution in [0.15, 0.2) is 41.3 Å². The number of unbranched alkanes of at least 4 members (excludes halogenated alkanes) is 1. The number of halogens is 1. The summed E-state index contributed by atoms with van der Waals surface area (Å²) < 4.78 is 37.1. The van der Waals surface area contributed by atoms with Crippen molar-refractivity contribution < 1.29 is 38.1 Å². The van der Waals surface area contributed by atoms with Gasteiger partial charge in [-0.2, -0.15) is 5.09 Å². The van der Waals surface area contributed by atoms with Gasteiger partial charge in [0.15, 0.2) is 11.0 Å². The Morgan fingerprint density at radius 3 is 2.68 bits per heavy atom. The van der Waals surface area contributed by atoms with E-state index in [-0.39, 0.29) is 17.1 Å². The molecule has 1 aliphatic rings. The second-order valence-electron chi connectivity index (χ2n) is 8.93. The number of benzene rings is 1. The van der Waals surface area contributed by atoms with Gasteiger partial charge in [0.2, 0.25) is 0 Å². The molecule has 4 N–H and O–H groups in total. The molecule has 15 heteroatoms. The Balaban J connectivity index is 1.78. The van der Waals surface area contributed by atoms with Crippen molar-refractivity contribution in [2.75, 3.05) is 13.2 Å². The zero-order valence-electron chi connectivity index (χ0n) is 21.0. The fourth-order valence-corrected chi connectivity index (χ4v) is 5.50. The molecule has 1 aromatic carbocycles. The van der Waals surface area contributed by atoms with Crippen molar-refractivity contribution in [2.45, 2.75) is 63.7 Å². The first kappa shape index (κ1) is 30.5. The highest BCUT2D eigenvalue weighted by atomic mass is 35.5. The van der Waals surface area contributed by atoms with Crippen molar-refractivity contribution >= 4 is 37.5 Å². The number of hydrogen-bond acceptors (Lipinski definition) is 10. The molecule has 12 nitrogen and oxygen atoms in total. The van der Waals surface area contributed by atoms with Crippen molar-refractivity contribution in [3.63, 3.8) is 0 Å². The second-order valence-corrected chi connectivity index (χ2v) is 11.4. The van der Waals surface area contributed by atoms with E-state index in [0.717, 1.165) is 6.42 Å². The Labute approximate surface area is 229 Å². The highest BCUT2D eigenvalue weighted by Crippen LogP contribution is 2.47. The van der Waals surface area contributed by atoms with E-state index in [9.17, 15) is 24.4 Å². The van der Waals surface area contributed by atoms with E-state index in [2.05, 4.69) is 10.1 Å². The molecule has 0 saturated carbocycles. The fourth-order valence-electron chi connectivity index (χ4n) is 3.62. The summed E-state index contributed by atoms with van der Waals surface area (Å²) in [5.41, 5.74) is -2.31. The van der Waals surface area contributed by atoms with Crippen molar-refractivity contribution in [3.8, 4) is 5.75 Å². The fraction of sp³-hybridized carbons (Fsp3) is 0.522. The number of ether oxygens (including phenoxy) is 2. The van der Waals surface area contributed by atoms with Gasteiger partial charge >= 0.3 is 13.7 Å². The number of hydrogen-bond donors (Lipinski definition) is 4. The molecule has 2 aromatic rings. The normalized spacial score (nSPS) is 25.5. The molecule has 0 amide bonds. The van der Waals surface area contributed by atoms with Crippen molar-refractivity contribution in [1.82, 2.24) is 14.6 Å². The molecule has 1 saturated heterocycles. The number of H-pyrrole nitrogens is 1. The lowest BCUT2D eigenvalue weighted by Crippen LogP contribution is -2.45. The van der Waals surface area contributed by atoms with Crippen LogP contribution in [0.25, 0.3) is 0 Å². The number of rotatable bonds is 12. The largest absolute Gasteiger partial charge is 0.465 e. The molecule has 0 spiro atoms. The first-order chi connectivity index (χ1) is 17.9. The molecule has 3 rings (SSSR count). The maximum atomic E-state index is 13.7. The molecule has 210 valence electrons. The van der Waals surface area contributed by atoms with Crippen LogP contribution in [0.2, 0.25) is 5.02 Å². The average molecular weight is 592 g/mol. The van der Waals surface area contributed by atoms with E-state index in [1.165, 1.54) is 54.9 Å². The van der Waals surface area contributed by atoms with Crippen LogP contribution in [0.3, 0.4) is 0 Å². The monoisotopic (exact) mass is 591 g/mol. The van der Waals surface area contributed by atoms with E-state index in [4.69, 9.17) is 42.3 Å². The molecule has 2 heterocycles. The number of carbonyl (C=O) groups is 1. The Hall–Kier alpha value is -2.09. The van der Waals surface area contributed by atoms with Crippen LogP contribution in [-0.2, 0) is 23.4 Å². The average Bonchev–Trinajstić information content (AvgIpc) is 3.08. The molecule has 0 bridgehead atoms. The van der Waals surface area contributed by atoms with Gasteiger partial charge in [-0.05, 0) is 56.8 Å². The number of aromatic amines is 1. The molecule has 38 heavy (non-hydrogen) atoms. The summed E-state index contributed by atoms with van der Waals surface area (Å²) in [5, 5.41) is 24.7. The van der Waals surface area contributed by atoms with Crippen molar-refractivity contribution in [2.24, 2.45) is 0 Å². The van der Waals surface area contributed by atoms with E-state index < -0.39 is 56.0 Å². The standard InChI is InChI=1S/C23H31ClN3O9PS/c1-4-5-12-33-20(30)14(2)26-37(32,36-16-8-6-15(24)7-9-16)34-13-17-19(29)23(3,31)21(35-17)27-11-10-18(28)25-22(27)38/h6-11,14,17,19,21,29,31H,4-5,12-13H2,1-3H3,(H,26,32)(H,25,28,38)/t14-,17+,19?,21+,23+,37+/m0/s1. The minimum atomic E-state index is -4.28. The van der Waals surface area contributed by atoms with Crippen molar-refractivity contribution in [3.05, 3.63) is 56.7 Å². The Morgan fingerprint density at radius 2 is 2.05 bits per heavy atom. The number of aliphatic hydroxyl groups excluding tert-OH is 1. The lowest BCUT2D eigenvalue weighted by Gasteiger charge is -2.28. The maximum Gasteiger partial charge on any atom is 0.459 e. The van der Waals surface area contributed by atoms with Gasteiger partial charge in [-0.3, -0.25) is 23.7 Å². The minimum Gasteiger partial charge on any atom is -0.465 e. The lowest BCUT2D eigenvalue weighted by molar-refractivity contribution is -0.145. The summed E-state index contributed by atoms with van der Waals surface area (Å²) in [7, 11) is -4.28. The van der Waals surface area contributed by atoms with Crippen LogP contribution in [0.1, 0.15) is 39.8 Å². The van der Waals surface area contributed by atoms with E-state index in [1.807, 2.05) is 6.92 Å². The minimum absolute atomic E-state index is 0.0367. The van der Waals surface area contributed by atoms with Gasteiger partial charge in [-0.15, -0.1) is 0 Å². The van der Waals surface area contributed by atoms with Crippen LogP contribution >= 0.6 is 31.6 Å². The van der Waals surface area contributed by atoms with Gasteiger partial charge in [0.05, 0.1) is 13.2 Å². The highest BCUT2D eigenvalue weighted by Gasteiger charge is 2.53. The van der Waals surface area contributed by atoms with Gasteiger partial charge in [0.25, 0.3) is 5.56 Å². The third kappa shape index (κ3) is 7.51. The number of nitrogens with one attached hydrogen (secondary N) is 2. The van der Waals surface area contributed by atoms with Gasteiger partial charge in [-0.1, -0.05) is 24.9 Å². The molecular weight excluding hydrogens is 561 g/mol. The van der Waals surface area contributed by atoms with Gasteiger partial charge < -0.3 is 24.2 Å². The number of nitrogens with zero attached hydrogens (tertiary/aromatic N) is 1. The van der Waals surface area contributed by atoms with Crippen LogP contribution < -0.4 is 15.2 Å². The zero-order chi connectivity index (χ0) is 28.1. The van der Waals surface area contributed by atoms with Crippen LogP contribution in [0.5, 0.6) is 5.75 Å². The lowest BCUT2D eigenvalue weighted by atomic mass is 9.96. The van der Waals surface area contributed by atoms with Gasteiger partial charge in [0, 0.05) is 17.3 Å². The number of aromatic nitrogens is 2. The smallest absolute Gasteiger partial charge is 0.459 e. The first-order valence-corrected chi connectivity index (χ1v) is 14.2. The van der Waals surface area contributed by atoms with Gasteiger partial charge in [-0.25, -0.2) is 4.57 Å². The first-order valence-electron chi connectivity index (χ1n) is 11.9. The topological polar surface area (TPSA) is 161 Å².